The maximum Gasteiger partial charge on any atom is 0.258 e. The lowest BCUT2D eigenvalue weighted by molar-refractivity contribution is -0.123. The molecule has 0 saturated heterocycles. The number of hydrogen-bond donors (Lipinski definition) is 2. The smallest absolute Gasteiger partial charge is 0.258 e. The van der Waals surface area contributed by atoms with E-state index >= 15 is 0 Å². The molecule has 0 aromatic heterocycles. The van der Waals surface area contributed by atoms with Crippen molar-refractivity contribution in [3.05, 3.63) is 28.2 Å². The van der Waals surface area contributed by atoms with Gasteiger partial charge in [-0.15, -0.1) is 12.4 Å². The quantitative estimate of drug-likeness (QED) is 0.874. The summed E-state index contributed by atoms with van der Waals surface area (Å²) in [5, 5.41) is 3.59. The van der Waals surface area contributed by atoms with Crippen LogP contribution in [0.4, 0.5) is 0 Å². The van der Waals surface area contributed by atoms with Crippen LogP contribution in [-0.4, -0.2) is 24.6 Å². The van der Waals surface area contributed by atoms with E-state index in [0.717, 1.165) is 0 Å². The second-order valence-corrected chi connectivity index (χ2v) is 5.53. The Morgan fingerprint density at radius 1 is 1.32 bits per heavy atom. The van der Waals surface area contributed by atoms with E-state index in [9.17, 15) is 4.79 Å². The van der Waals surface area contributed by atoms with Crippen LogP contribution in [0.5, 0.6) is 5.75 Å². The fourth-order valence-corrected chi connectivity index (χ4v) is 1.64. The SMILES string of the molecule is CC(C)(N)CNC(=O)COc1cc(Cl)cc(Cl)c1.Cl. The van der Waals surface area contributed by atoms with Gasteiger partial charge in [0, 0.05) is 22.1 Å². The maximum absolute atomic E-state index is 11.5. The monoisotopic (exact) mass is 326 g/mol. The van der Waals surface area contributed by atoms with E-state index in [0.29, 0.717) is 22.3 Å². The van der Waals surface area contributed by atoms with Crippen molar-refractivity contribution in [2.24, 2.45) is 5.73 Å². The molecule has 3 N–H and O–H groups in total. The average molecular weight is 328 g/mol. The van der Waals surface area contributed by atoms with Crippen LogP contribution in [0.1, 0.15) is 13.8 Å². The number of nitrogens with two attached hydrogens (primary N) is 1. The largest absolute Gasteiger partial charge is 0.484 e. The highest BCUT2D eigenvalue weighted by molar-refractivity contribution is 6.34. The summed E-state index contributed by atoms with van der Waals surface area (Å²) < 4.78 is 5.27. The third kappa shape index (κ3) is 8.16. The molecule has 0 saturated carbocycles. The van der Waals surface area contributed by atoms with Crippen molar-refractivity contribution < 1.29 is 9.53 Å². The van der Waals surface area contributed by atoms with Gasteiger partial charge in [-0.05, 0) is 32.0 Å². The Hall–Kier alpha value is -0.680. The zero-order valence-corrected chi connectivity index (χ0v) is 13.0. The number of benzene rings is 1. The van der Waals surface area contributed by atoms with E-state index < -0.39 is 5.54 Å². The first kappa shape index (κ1) is 18.3. The molecule has 0 unspecified atom stereocenters. The molecule has 19 heavy (non-hydrogen) atoms. The Kier molecular flexibility index (Phi) is 7.52. The predicted octanol–water partition coefficient (Wildman–Crippen LogP) is 2.65. The van der Waals surface area contributed by atoms with Gasteiger partial charge in [0.25, 0.3) is 5.91 Å². The van der Waals surface area contributed by atoms with E-state index in [4.69, 9.17) is 33.7 Å². The molecular formula is C12H17Cl3N2O2. The van der Waals surface area contributed by atoms with Gasteiger partial charge in [-0.3, -0.25) is 4.79 Å². The van der Waals surface area contributed by atoms with Crippen LogP contribution in [-0.2, 0) is 4.79 Å². The molecule has 1 aromatic carbocycles. The Labute approximate surface area is 129 Å². The maximum atomic E-state index is 11.5. The summed E-state index contributed by atoms with van der Waals surface area (Å²) >= 11 is 11.6. The topological polar surface area (TPSA) is 64.3 Å². The van der Waals surface area contributed by atoms with E-state index in [2.05, 4.69) is 5.32 Å². The summed E-state index contributed by atoms with van der Waals surface area (Å²) in [6.45, 7) is 3.92. The predicted molar refractivity (Wildman–Crippen MR) is 80.5 cm³/mol. The van der Waals surface area contributed by atoms with Crippen LogP contribution in [0, 0.1) is 0 Å². The highest BCUT2D eigenvalue weighted by Crippen LogP contribution is 2.23. The van der Waals surface area contributed by atoms with Crippen molar-refractivity contribution in [2.45, 2.75) is 19.4 Å². The van der Waals surface area contributed by atoms with Gasteiger partial charge in [-0.25, -0.2) is 0 Å². The van der Waals surface area contributed by atoms with E-state index in [1.165, 1.54) is 0 Å². The summed E-state index contributed by atoms with van der Waals surface area (Å²) in [5.41, 5.74) is 5.29. The van der Waals surface area contributed by atoms with Gasteiger partial charge in [-0.2, -0.15) is 0 Å². The van der Waals surface area contributed by atoms with Gasteiger partial charge < -0.3 is 15.8 Å². The van der Waals surface area contributed by atoms with Crippen LogP contribution in [0.15, 0.2) is 18.2 Å². The molecule has 0 bridgehead atoms. The number of hydrogen-bond acceptors (Lipinski definition) is 3. The zero-order chi connectivity index (χ0) is 13.8. The number of rotatable bonds is 5. The van der Waals surface area contributed by atoms with Crippen molar-refractivity contribution in [3.63, 3.8) is 0 Å². The molecule has 1 amide bonds. The van der Waals surface area contributed by atoms with E-state index in [1.807, 2.05) is 13.8 Å². The molecule has 0 aliphatic heterocycles. The Balaban J connectivity index is 0.00000324. The minimum atomic E-state index is -0.449. The molecule has 0 radical (unpaired) electrons. The van der Waals surface area contributed by atoms with Crippen molar-refractivity contribution in [1.82, 2.24) is 5.32 Å². The van der Waals surface area contributed by atoms with Crippen LogP contribution < -0.4 is 15.8 Å². The minimum absolute atomic E-state index is 0. The lowest BCUT2D eigenvalue weighted by atomic mass is 10.1. The number of nitrogens with one attached hydrogen (secondary N) is 1. The van der Waals surface area contributed by atoms with Gasteiger partial charge in [0.05, 0.1) is 0 Å². The molecule has 0 heterocycles. The molecule has 0 aliphatic carbocycles. The number of carbonyl (C=O) groups excluding carboxylic acids is 1. The molecule has 7 heteroatoms. The molecule has 0 atom stereocenters. The molecule has 108 valence electrons. The summed E-state index contributed by atoms with van der Waals surface area (Å²) in [6, 6.07) is 4.77. The number of halogens is 3. The van der Waals surface area contributed by atoms with Gasteiger partial charge in [0.15, 0.2) is 6.61 Å². The highest BCUT2D eigenvalue weighted by Gasteiger charge is 2.12. The molecule has 0 aliphatic rings. The highest BCUT2D eigenvalue weighted by atomic mass is 35.5. The number of amides is 1. The molecule has 1 aromatic rings. The first-order chi connectivity index (χ1) is 8.26. The molecule has 4 nitrogen and oxygen atoms in total. The van der Waals surface area contributed by atoms with Gasteiger partial charge in [0.1, 0.15) is 5.75 Å². The Morgan fingerprint density at radius 2 is 1.84 bits per heavy atom. The summed E-state index contributed by atoms with van der Waals surface area (Å²) in [5.74, 6) is 0.208. The van der Waals surface area contributed by atoms with Crippen molar-refractivity contribution >= 4 is 41.5 Å². The van der Waals surface area contributed by atoms with Crippen molar-refractivity contribution in [3.8, 4) is 5.75 Å². The Bertz CT molecular complexity index is 413. The van der Waals surface area contributed by atoms with Crippen LogP contribution in [0.3, 0.4) is 0 Å². The van der Waals surface area contributed by atoms with Crippen LogP contribution in [0.2, 0.25) is 10.0 Å². The fourth-order valence-electron chi connectivity index (χ4n) is 1.14. The first-order valence-electron chi connectivity index (χ1n) is 5.41. The third-order valence-electron chi connectivity index (χ3n) is 1.95. The summed E-state index contributed by atoms with van der Waals surface area (Å²) in [6.07, 6.45) is 0. The van der Waals surface area contributed by atoms with Crippen molar-refractivity contribution in [2.75, 3.05) is 13.2 Å². The third-order valence-corrected chi connectivity index (χ3v) is 2.38. The summed E-state index contributed by atoms with van der Waals surface area (Å²) in [7, 11) is 0. The molecule has 1 rings (SSSR count). The number of carbonyl (C=O) groups is 1. The average Bonchev–Trinajstić information content (AvgIpc) is 2.21. The second kappa shape index (κ2) is 7.80. The minimum Gasteiger partial charge on any atom is -0.484 e. The lowest BCUT2D eigenvalue weighted by Gasteiger charge is -2.18. The van der Waals surface area contributed by atoms with Crippen molar-refractivity contribution in [1.29, 1.82) is 0 Å². The second-order valence-electron chi connectivity index (χ2n) is 4.66. The van der Waals surface area contributed by atoms with E-state index in [1.54, 1.807) is 18.2 Å². The fraction of sp³-hybridized carbons (Fsp3) is 0.417. The van der Waals surface area contributed by atoms with E-state index in [-0.39, 0.29) is 24.9 Å². The Morgan fingerprint density at radius 3 is 2.32 bits per heavy atom. The first-order valence-corrected chi connectivity index (χ1v) is 6.16. The molecule has 0 spiro atoms. The van der Waals surface area contributed by atoms with Crippen LogP contribution in [0.25, 0.3) is 0 Å². The number of ether oxygens (including phenoxy) is 1. The van der Waals surface area contributed by atoms with Crippen LogP contribution >= 0.6 is 35.6 Å². The molecule has 0 fully saturated rings. The summed E-state index contributed by atoms with van der Waals surface area (Å²) in [4.78, 5) is 11.5. The zero-order valence-electron chi connectivity index (χ0n) is 10.7. The standard InChI is InChI=1S/C12H16Cl2N2O2.ClH/c1-12(2,15)7-16-11(17)6-18-10-4-8(13)3-9(14)5-10;/h3-5H,6-7,15H2,1-2H3,(H,16,17);1H. The lowest BCUT2D eigenvalue weighted by Crippen LogP contribution is -2.46. The molecular weight excluding hydrogens is 311 g/mol. The van der Waals surface area contributed by atoms with Gasteiger partial charge >= 0.3 is 0 Å². The van der Waals surface area contributed by atoms with Gasteiger partial charge in [0.2, 0.25) is 0 Å². The van der Waals surface area contributed by atoms with Gasteiger partial charge in [-0.1, -0.05) is 23.2 Å². The normalized spacial score (nSPS) is 10.6.